The van der Waals surface area contributed by atoms with Crippen LogP contribution in [0.5, 0.6) is 0 Å². The minimum absolute atomic E-state index is 1.11. The maximum Gasteiger partial charge on any atom is 0.0786 e. The van der Waals surface area contributed by atoms with E-state index in [1.807, 2.05) is 12.3 Å². The van der Waals surface area contributed by atoms with Crippen LogP contribution in [0.25, 0.3) is 43.9 Å². The summed E-state index contributed by atoms with van der Waals surface area (Å²) in [5.41, 5.74) is 6.35. The minimum Gasteiger partial charge on any atom is -0.256 e. The highest BCUT2D eigenvalue weighted by Crippen LogP contribution is 2.49. The number of nitrogens with zero attached hydrogens (tertiary/aromatic N) is 1. The zero-order valence-electron chi connectivity index (χ0n) is 10.8. The number of hydrogen-bond donors (Lipinski definition) is 0. The molecular formula is C19H11N. The van der Waals surface area contributed by atoms with Gasteiger partial charge in [0.1, 0.15) is 0 Å². The van der Waals surface area contributed by atoms with Gasteiger partial charge in [0.15, 0.2) is 0 Å². The average Bonchev–Trinajstić information content (AvgIpc) is 2.85. The van der Waals surface area contributed by atoms with Crippen LogP contribution in [0, 0.1) is 0 Å². The molecule has 0 N–H and O–H groups in total. The van der Waals surface area contributed by atoms with Gasteiger partial charge in [-0.15, -0.1) is 0 Å². The Hall–Kier alpha value is -2.67. The zero-order chi connectivity index (χ0) is 13.1. The van der Waals surface area contributed by atoms with Crippen molar-refractivity contribution in [3.63, 3.8) is 0 Å². The molecule has 4 aromatic rings. The highest BCUT2D eigenvalue weighted by molar-refractivity contribution is 6.20. The van der Waals surface area contributed by atoms with Gasteiger partial charge in [0.05, 0.1) is 5.52 Å². The number of rotatable bonds is 0. The molecule has 0 saturated heterocycles. The van der Waals surface area contributed by atoms with Gasteiger partial charge in [-0.25, -0.2) is 0 Å². The summed E-state index contributed by atoms with van der Waals surface area (Å²) < 4.78 is 0. The van der Waals surface area contributed by atoms with Crippen molar-refractivity contribution in [1.29, 1.82) is 0 Å². The summed E-state index contributed by atoms with van der Waals surface area (Å²) in [5, 5.41) is 3.87. The fourth-order valence-electron chi connectivity index (χ4n) is 3.42. The Balaban J connectivity index is 2.08. The van der Waals surface area contributed by atoms with E-state index >= 15 is 0 Å². The molecule has 1 heteroatoms. The molecule has 1 heterocycles. The van der Waals surface area contributed by atoms with Gasteiger partial charge in [-0.2, -0.15) is 0 Å². The molecular weight excluding hydrogens is 242 g/mol. The predicted octanol–water partition coefficient (Wildman–Crippen LogP) is 5.04. The molecule has 92 valence electrons. The van der Waals surface area contributed by atoms with Crippen LogP contribution in [0.4, 0.5) is 0 Å². The second kappa shape index (κ2) is 3.45. The lowest BCUT2D eigenvalue weighted by molar-refractivity contribution is 1.42. The lowest BCUT2D eigenvalue weighted by Gasteiger charge is -2.05. The molecule has 1 aliphatic carbocycles. The Morgan fingerprint density at radius 2 is 1.40 bits per heavy atom. The topological polar surface area (TPSA) is 12.9 Å². The summed E-state index contributed by atoms with van der Waals surface area (Å²) in [5.74, 6) is 0. The van der Waals surface area contributed by atoms with E-state index in [4.69, 9.17) is 0 Å². The van der Waals surface area contributed by atoms with Crippen LogP contribution >= 0.6 is 0 Å². The number of benzene rings is 3. The van der Waals surface area contributed by atoms with Gasteiger partial charge in [-0.3, -0.25) is 4.98 Å². The average molecular weight is 253 g/mol. The van der Waals surface area contributed by atoms with Gasteiger partial charge >= 0.3 is 0 Å². The summed E-state index contributed by atoms with van der Waals surface area (Å²) >= 11 is 0. The van der Waals surface area contributed by atoms with Crippen LogP contribution in [0.3, 0.4) is 0 Å². The minimum atomic E-state index is 1.11. The van der Waals surface area contributed by atoms with E-state index in [-0.39, 0.29) is 0 Å². The lowest BCUT2D eigenvalue weighted by atomic mass is 10.0. The first-order valence-corrected chi connectivity index (χ1v) is 6.84. The van der Waals surface area contributed by atoms with E-state index in [2.05, 4.69) is 59.6 Å². The number of fused-ring (bicyclic) bond motifs is 5. The van der Waals surface area contributed by atoms with Crippen LogP contribution in [0.2, 0.25) is 0 Å². The van der Waals surface area contributed by atoms with E-state index in [9.17, 15) is 0 Å². The summed E-state index contributed by atoms with van der Waals surface area (Å²) in [7, 11) is 0. The second-order valence-corrected chi connectivity index (χ2v) is 5.27. The lowest BCUT2D eigenvalue weighted by Crippen LogP contribution is -1.83. The Bertz CT molecular complexity index is 994. The molecule has 1 aromatic heterocycles. The van der Waals surface area contributed by atoms with Crippen molar-refractivity contribution in [3.8, 4) is 22.3 Å². The van der Waals surface area contributed by atoms with E-state index in [0.717, 1.165) is 5.52 Å². The smallest absolute Gasteiger partial charge is 0.0786 e. The van der Waals surface area contributed by atoms with E-state index in [1.165, 1.54) is 38.4 Å². The quantitative estimate of drug-likeness (QED) is 0.377. The normalized spacial score (nSPS) is 12.0. The molecule has 20 heavy (non-hydrogen) atoms. The molecule has 0 aliphatic heterocycles. The van der Waals surface area contributed by atoms with Gasteiger partial charge in [0, 0.05) is 17.1 Å². The van der Waals surface area contributed by atoms with E-state index < -0.39 is 0 Å². The molecule has 0 fully saturated rings. The molecule has 0 radical (unpaired) electrons. The van der Waals surface area contributed by atoms with Crippen molar-refractivity contribution in [2.24, 2.45) is 0 Å². The molecule has 0 atom stereocenters. The van der Waals surface area contributed by atoms with Crippen molar-refractivity contribution in [3.05, 3.63) is 66.9 Å². The third-order valence-corrected chi connectivity index (χ3v) is 4.24. The maximum atomic E-state index is 4.62. The Labute approximate surface area is 116 Å². The summed E-state index contributed by atoms with van der Waals surface area (Å²) in [6.07, 6.45) is 1.88. The van der Waals surface area contributed by atoms with Crippen LogP contribution < -0.4 is 0 Å². The van der Waals surface area contributed by atoms with E-state index in [0.29, 0.717) is 0 Å². The SMILES string of the molecule is c1cnc2c3c(ccc2c1)-c1cccc2cccc-3c12. The number of aromatic nitrogens is 1. The molecule has 0 bridgehead atoms. The molecule has 0 spiro atoms. The Kier molecular flexibility index (Phi) is 1.75. The van der Waals surface area contributed by atoms with Crippen LogP contribution in [0.15, 0.2) is 66.9 Å². The van der Waals surface area contributed by atoms with Crippen LogP contribution in [0.1, 0.15) is 0 Å². The predicted molar refractivity (Wildman–Crippen MR) is 83.7 cm³/mol. The van der Waals surface area contributed by atoms with Crippen molar-refractivity contribution >= 4 is 21.7 Å². The molecule has 5 rings (SSSR count). The molecule has 1 aliphatic rings. The van der Waals surface area contributed by atoms with Gasteiger partial charge in [-0.05, 0) is 33.5 Å². The van der Waals surface area contributed by atoms with Crippen molar-refractivity contribution in [1.82, 2.24) is 4.98 Å². The van der Waals surface area contributed by atoms with Crippen LogP contribution in [-0.4, -0.2) is 4.98 Å². The first-order chi connectivity index (χ1) is 9.93. The molecule has 0 unspecified atom stereocenters. The fourth-order valence-corrected chi connectivity index (χ4v) is 3.42. The standard InChI is InChI=1S/C19H11N/c1-4-12-5-2-8-16-17(12)14(7-1)15-10-9-13-6-3-11-20-19(13)18(15)16/h1-11H. The first-order valence-electron chi connectivity index (χ1n) is 6.84. The number of pyridine rings is 1. The molecule has 3 aromatic carbocycles. The van der Waals surface area contributed by atoms with Crippen molar-refractivity contribution < 1.29 is 0 Å². The van der Waals surface area contributed by atoms with Gasteiger partial charge in [0.25, 0.3) is 0 Å². The monoisotopic (exact) mass is 253 g/mol. The van der Waals surface area contributed by atoms with E-state index in [1.54, 1.807) is 0 Å². The summed E-state index contributed by atoms with van der Waals surface area (Å²) in [6.45, 7) is 0. The largest absolute Gasteiger partial charge is 0.256 e. The fraction of sp³-hybridized carbons (Fsp3) is 0. The van der Waals surface area contributed by atoms with Crippen molar-refractivity contribution in [2.45, 2.75) is 0 Å². The highest BCUT2D eigenvalue weighted by Gasteiger charge is 2.23. The van der Waals surface area contributed by atoms with Crippen molar-refractivity contribution in [2.75, 3.05) is 0 Å². The third-order valence-electron chi connectivity index (χ3n) is 4.24. The second-order valence-electron chi connectivity index (χ2n) is 5.27. The van der Waals surface area contributed by atoms with Crippen LogP contribution in [-0.2, 0) is 0 Å². The third kappa shape index (κ3) is 1.11. The first kappa shape index (κ1) is 10.2. The molecule has 0 amide bonds. The van der Waals surface area contributed by atoms with Gasteiger partial charge < -0.3 is 0 Å². The highest BCUT2D eigenvalue weighted by atomic mass is 14.7. The zero-order valence-corrected chi connectivity index (χ0v) is 10.8. The summed E-state index contributed by atoms with van der Waals surface area (Å²) in [4.78, 5) is 4.62. The summed E-state index contributed by atoms with van der Waals surface area (Å²) in [6, 6.07) is 21.6. The molecule has 1 nitrogen and oxygen atoms in total. The Morgan fingerprint density at radius 1 is 0.600 bits per heavy atom. The van der Waals surface area contributed by atoms with Gasteiger partial charge in [0.2, 0.25) is 0 Å². The number of hydrogen-bond acceptors (Lipinski definition) is 1. The molecule has 0 saturated carbocycles. The van der Waals surface area contributed by atoms with Gasteiger partial charge in [-0.1, -0.05) is 54.6 Å². The Morgan fingerprint density at radius 3 is 2.30 bits per heavy atom. The maximum absolute atomic E-state index is 4.62.